The van der Waals surface area contributed by atoms with Crippen molar-refractivity contribution in [1.82, 2.24) is 15.0 Å². The molecule has 0 amide bonds. The number of sulfonamides is 2. The number of nitrogens with two attached hydrogens (primary N) is 1. The molecule has 2 aromatic heterocycles. The molecule has 0 bridgehead atoms. The second kappa shape index (κ2) is 10.2. The van der Waals surface area contributed by atoms with Gasteiger partial charge in [0.15, 0.2) is 0 Å². The number of anilines is 4. The van der Waals surface area contributed by atoms with Crippen molar-refractivity contribution in [3.8, 4) is 0 Å². The molecule has 0 aliphatic carbocycles. The van der Waals surface area contributed by atoms with Gasteiger partial charge in [0, 0.05) is 37.2 Å². The predicted octanol–water partition coefficient (Wildman–Crippen LogP) is 2.43. The van der Waals surface area contributed by atoms with Gasteiger partial charge in [-0.15, -0.1) is 0 Å². The Morgan fingerprint density at radius 2 is 1.81 bits per heavy atom. The summed E-state index contributed by atoms with van der Waals surface area (Å²) < 4.78 is 88.2. The Balaban J connectivity index is 1.90. The lowest BCUT2D eigenvalue weighted by atomic mass is 10.2. The van der Waals surface area contributed by atoms with Crippen LogP contribution in [0.2, 0.25) is 0 Å². The van der Waals surface area contributed by atoms with E-state index in [-0.39, 0.29) is 18.3 Å². The fourth-order valence-corrected chi connectivity index (χ4v) is 4.20. The zero-order valence-electron chi connectivity index (χ0n) is 19.0. The monoisotopic (exact) mass is 545 g/mol. The lowest BCUT2D eigenvalue weighted by Gasteiger charge is -2.20. The maximum Gasteiger partial charge on any atom is 0.421 e. The molecule has 3 aromatic rings. The number of benzene rings is 1. The van der Waals surface area contributed by atoms with E-state index in [2.05, 4.69) is 25.6 Å². The number of pyridine rings is 1. The highest BCUT2D eigenvalue weighted by Gasteiger charge is 2.35. The molecule has 0 spiro atoms. The van der Waals surface area contributed by atoms with E-state index < -0.39 is 43.4 Å². The standard InChI is InChI=1S/C20H22F3N7O4S2/c1-30(35(2,31)32)18-14(6-4-8-25-18)10-26-17-16(20(21,22)23)11-27-19(29-17)28-15-7-3-5-13(9-15)12-36(24,33)34/h3-9,11H,10,12H2,1-2H3,(H2,24,33,34)(H2,26,27,28,29). The molecule has 0 aliphatic rings. The number of nitrogens with one attached hydrogen (secondary N) is 2. The van der Waals surface area contributed by atoms with Crippen LogP contribution in [0.25, 0.3) is 0 Å². The first kappa shape index (κ1) is 27.1. The van der Waals surface area contributed by atoms with E-state index in [0.29, 0.717) is 23.0 Å². The average molecular weight is 546 g/mol. The van der Waals surface area contributed by atoms with E-state index in [1.807, 2.05) is 0 Å². The van der Waals surface area contributed by atoms with Crippen LogP contribution in [-0.4, -0.2) is 45.1 Å². The minimum absolute atomic E-state index is 0.0418. The summed E-state index contributed by atoms with van der Waals surface area (Å²) in [6.07, 6.45) is -1.85. The number of aromatic nitrogens is 3. The molecule has 0 aliphatic heterocycles. The van der Waals surface area contributed by atoms with Crippen molar-refractivity contribution >= 4 is 43.3 Å². The number of nitrogens with zero attached hydrogens (tertiary/aromatic N) is 4. The van der Waals surface area contributed by atoms with Crippen molar-refractivity contribution in [2.24, 2.45) is 5.14 Å². The number of alkyl halides is 3. The van der Waals surface area contributed by atoms with Crippen LogP contribution in [-0.2, 0) is 38.5 Å². The lowest BCUT2D eigenvalue weighted by Crippen LogP contribution is -2.27. The second-order valence-corrected chi connectivity index (χ2v) is 11.3. The first-order chi connectivity index (χ1) is 16.6. The molecule has 36 heavy (non-hydrogen) atoms. The van der Waals surface area contributed by atoms with Gasteiger partial charge in [0.05, 0.1) is 12.0 Å². The van der Waals surface area contributed by atoms with Gasteiger partial charge in [-0.1, -0.05) is 18.2 Å². The van der Waals surface area contributed by atoms with E-state index in [1.54, 1.807) is 6.07 Å². The van der Waals surface area contributed by atoms with Crippen LogP contribution >= 0.6 is 0 Å². The Hall–Kier alpha value is -3.50. The summed E-state index contributed by atoms with van der Waals surface area (Å²) in [5.74, 6) is -1.14. The van der Waals surface area contributed by atoms with E-state index in [0.717, 1.165) is 10.6 Å². The molecule has 0 saturated heterocycles. The Labute approximate surface area is 205 Å². The smallest absolute Gasteiger partial charge is 0.365 e. The van der Waals surface area contributed by atoms with E-state index in [9.17, 15) is 30.0 Å². The summed E-state index contributed by atoms with van der Waals surface area (Å²) in [7, 11) is -6.18. The Morgan fingerprint density at radius 1 is 1.08 bits per heavy atom. The average Bonchev–Trinajstić information content (AvgIpc) is 2.75. The van der Waals surface area contributed by atoms with Crippen LogP contribution < -0.4 is 20.1 Å². The van der Waals surface area contributed by atoms with Gasteiger partial charge < -0.3 is 10.6 Å². The van der Waals surface area contributed by atoms with Crippen molar-refractivity contribution in [2.75, 3.05) is 28.2 Å². The minimum atomic E-state index is -4.78. The van der Waals surface area contributed by atoms with Gasteiger partial charge in [-0.05, 0) is 23.8 Å². The molecule has 3 rings (SSSR count). The minimum Gasteiger partial charge on any atom is -0.365 e. The normalized spacial score (nSPS) is 12.3. The van der Waals surface area contributed by atoms with Crippen molar-refractivity contribution in [2.45, 2.75) is 18.5 Å². The molecule has 0 radical (unpaired) electrons. The Morgan fingerprint density at radius 3 is 2.44 bits per heavy atom. The van der Waals surface area contributed by atoms with E-state index in [4.69, 9.17) is 5.14 Å². The molecule has 194 valence electrons. The molecule has 11 nitrogen and oxygen atoms in total. The van der Waals surface area contributed by atoms with Crippen molar-refractivity contribution in [3.05, 3.63) is 65.5 Å². The van der Waals surface area contributed by atoms with Crippen LogP contribution in [0.4, 0.5) is 36.4 Å². The van der Waals surface area contributed by atoms with Gasteiger partial charge in [0.25, 0.3) is 0 Å². The zero-order chi connectivity index (χ0) is 26.7. The Bertz CT molecular complexity index is 1470. The summed E-state index contributed by atoms with van der Waals surface area (Å²) >= 11 is 0. The summed E-state index contributed by atoms with van der Waals surface area (Å²) in [4.78, 5) is 11.7. The highest BCUT2D eigenvalue weighted by molar-refractivity contribution is 7.92. The molecular weight excluding hydrogens is 523 g/mol. The maximum atomic E-state index is 13.6. The van der Waals surface area contributed by atoms with Gasteiger partial charge in [-0.3, -0.25) is 4.31 Å². The van der Waals surface area contributed by atoms with Gasteiger partial charge in [-0.2, -0.15) is 18.2 Å². The molecule has 0 saturated carbocycles. The molecule has 16 heteroatoms. The quantitative estimate of drug-likeness (QED) is 0.367. The van der Waals surface area contributed by atoms with Crippen LogP contribution in [0.1, 0.15) is 16.7 Å². The Kier molecular flexibility index (Phi) is 7.70. The number of halogens is 3. The SMILES string of the molecule is CN(c1ncccc1CNc1nc(Nc2cccc(CS(N)(=O)=O)c2)ncc1C(F)(F)F)S(C)(=O)=O. The summed E-state index contributed by atoms with van der Waals surface area (Å²) in [5, 5.41) is 10.4. The van der Waals surface area contributed by atoms with Gasteiger partial charge >= 0.3 is 6.18 Å². The van der Waals surface area contributed by atoms with Crippen molar-refractivity contribution < 1.29 is 30.0 Å². The van der Waals surface area contributed by atoms with E-state index >= 15 is 0 Å². The summed E-state index contributed by atoms with van der Waals surface area (Å²) in [6.45, 7) is -0.230. The number of primary sulfonamides is 1. The van der Waals surface area contributed by atoms with E-state index in [1.165, 1.54) is 43.6 Å². The fraction of sp³-hybridized carbons (Fsp3) is 0.250. The highest BCUT2D eigenvalue weighted by atomic mass is 32.2. The topological polar surface area (TPSA) is 160 Å². The third kappa shape index (κ3) is 7.25. The van der Waals surface area contributed by atoms with Crippen molar-refractivity contribution in [3.63, 3.8) is 0 Å². The number of rotatable bonds is 9. The lowest BCUT2D eigenvalue weighted by molar-refractivity contribution is -0.137. The third-order valence-corrected chi connectivity index (χ3v) is 6.66. The first-order valence-electron chi connectivity index (χ1n) is 10.1. The number of hydrogen-bond acceptors (Lipinski definition) is 9. The largest absolute Gasteiger partial charge is 0.421 e. The van der Waals surface area contributed by atoms with Crippen LogP contribution in [0.3, 0.4) is 0 Å². The molecule has 0 atom stereocenters. The van der Waals surface area contributed by atoms with Gasteiger partial charge in [0.2, 0.25) is 26.0 Å². The number of hydrogen-bond donors (Lipinski definition) is 3. The summed E-state index contributed by atoms with van der Waals surface area (Å²) in [6, 6.07) is 9.08. The molecule has 1 aromatic carbocycles. The molecule has 0 fully saturated rings. The van der Waals surface area contributed by atoms with Crippen LogP contribution in [0.15, 0.2) is 48.8 Å². The van der Waals surface area contributed by atoms with Gasteiger partial charge in [0.1, 0.15) is 17.2 Å². The fourth-order valence-electron chi connectivity index (χ4n) is 3.07. The predicted molar refractivity (Wildman–Crippen MR) is 128 cm³/mol. The first-order valence-corrected chi connectivity index (χ1v) is 13.6. The molecular formula is C20H22F3N7O4S2. The maximum absolute atomic E-state index is 13.6. The van der Waals surface area contributed by atoms with Crippen molar-refractivity contribution in [1.29, 1.82) is 0 Å². The van der Waals surface area contributed by atoms with Crippen LogP contribution in [0, 0.1) is 0 Å². The second-order valence-electron chi connectivity index (χ2n) is 7.66. The van der Waals surface area contributed by atoms with Crippen LogP contribution in [0.5, 0.6) is 0 Å². The zero-order valence-corrected chi connectivity index (χ0v) is 20.6. The highest BCUT2D eigenvalue weighted by Crippen LogP contribution is 2.34. The molecule has 4 N–H and O–H groups in total. The third-order valence-electron chi connectivity index (χ3n) is 4.75. The molecule has 0 unspecified atom stereocenters. The van der Waals surface area contributed by atoms with Gasteiger partial charge in [-0.25, -0.2) is 31.9 Å². The molecule has 2 heterocycles. The summed E-state index contributed by atoms with van der Waals surface area (Å²) in [5.41, 5.74) is -0.154.